The number of fused-ring (bicyclic) bond motifs is 1. The predicted molar refractivity (Wildman–Crippen MR) is 141 cm³/mol. The summed E-state index contributed by atoms with van der Waals surface area (Å²) in [5, 5.41) is 2.48. The average Bonchev–Trinajstić information content (AvgIpc) is 3.34. The van der Waals surface area contributed by atoms with Gasteiger partial charge in [0.25, 0.3) is 5.91 Å². The van der Waals surface area contributed by atoms with Gasteiger partial charge < -0.3 is 14.5 Å². The lowest BCUT2D eigenvalue weighted by Gasteiger charge is -2.37. The van der Waals surface area contributed by atoms with Gasteiger partial charge in [-0.1, -0.05) is 43.6 Å². The first-order valence-electron chi connectivity index (χ1n) is 12.1. The fourth-order valence-electron chi connectivity index (χ4n) is 4.33. The minimum atomic E-state index is -0.441. The second-order valence-corrected chi connectivity index (χ2v) is 10.8. The molecule has 36 heavy (non-hydrogen) atoms. The van der Waals surface area contributed by atoms with Crippen molar-refractivity contribution in [2.75, 3.05) is 26.2 Å². The molecule has 4 rings (SSSR count). The SMILES string of the molecule is CC(C)CCN(CC(=O)N1CCc2sccc2[C@@H]1COc1ccccc1F)C(=O)c1cccc(Cl)c1. The van der Waals surface area contributed by atoms with E-state index in [9.17, 15) is 14.0 Å². The number of amides is 2. The minimum Gasteiger partial charge on any atom is -0.488 e. The van der Waals surface area contributed by atoms with Crippen molar-refractivity contribution in [3.05, 3.63) is 86.8 Å². The summed E-state index contributed by atoms with van der Waals surface area (Å²) in [4.78, 5) is 31.6. The Morgan fingerprint density at radius 3 is 2.75 bits per heavy atom. The molecular formula is C28H30ClFN2O3S. The molecule has 1 aliphatic rings. The molecular weight excluding hydrogens is 499 g/mol. The molecule has 2 aromatic carbocycles. The number of hydrogen-bond donors (Lipinski definition) is 0. The average molecular weight is 529 g/mol. The molecule has 1 aromatic heterocycles. The van der Waals surface area contributed by atoms with Crippen molar-refractivity contribution in [1.29, 1.82) is 0 Å². The van der Waals surface area contributed by atoms with Crippen LogP contribution in [0.3, 0.4) is 0 Å². The van der Waals surface area contributed by atoms with Crippen LogP contribution in [0.15, 0.2) is 60.0 Å². The Hall–Kier alpha value is -2.90. The van der Waals surface area contributed by atoms with Gasteiger partial charge in [-0.05, 0) is 66.1 Å². The van der Waals surface area contributed by atoms with Gasteiger partial charge in [-0.3, -0.25) is 9.59 Å². The van der Waals surface area contributed by atoms with Crippen molar-refractivity contribution in [2.45, 2.75) is 32.7 Å². The third kappa shape index (κ3) is 6.26. The van der Waals surface area contributed by atoms with Crippen LogP contribution in [-0.2, 0) is 11.2 Å². The lowest BCUT2D eigenvalue weighted by atomic mass is 10.00. The maximum Gasteiger partial charge on any atom is 0.254 e. The highest BCUT2D eigenvalue weighted by atomic mass is 35.5. The Bertz CT molecular complexity index is 1210. The summed E-state index contributed by atoms with van der Waals surface area (Å²) in [6, 6.07) is 14.7. The Morgan fingerprint density at radius 1 is 1.19 bits per heavy atom. The first-order valence-corrected chi connectivity index (χ1v) is 13.4. The lowest BCUT2D eigenvalue weighted by molar-refractivity contribution is -0.135. The van der Waals surface area contributed by atoms with E-state index in [4.69, 9.17) is 16.3 Å². The molecule has 0 N–H and O–H groups in total. The summed E-state index contributed by atoms with van der Waals surface area (Å²) in [5.41, 5.74) is 1.48. The minimum absolute atomic E-state index is 0.0479. The maximum atomic E-state index is 14.2. The zero-order valence-corrected chi connectivity index (χ0v) is 22.0. The van der Waals surface area contributed by atoms with Gasteiger partial charge in [-0.25, -0.2) is 4.39 Å². The van der Waals surface area contributed by atoms with E-state index in [0.717, 1.165) is 18.4 Å². The molecule has 2 heterocycles. The number of hydrogen-bond acceptors (Lipinski definition) is 4. The van der Waals surface area contributed by atoms with E-state index in [1.807, 2.05) is 11.4 Å². The van der Waals surface area contributed by atoms with E-state index in [-0.39, 0.29) is 36.8 Å². The number of carbonyl (C=O) groups excluding carboxylic acids is 2. The third-order valence-electron chi connectivity index (χ3n) is 6.31. The smallest absolute Gasteiger partial charge is 0.254 e. The Kier molecular flexibility index (Phi) is 8.64. The van der Waals surface area contributed by atoms with Gasteiger partial charge in [0.15, 0.2) is 11.6 Å². The van der Waals surface area contributed by atoms with Crippen LogP contribution in [0.4, 0.5) is 4.39 Å². The lowest BCUT2D eigenvalue weighted by Crippen LogP contribution is -2.48. The highest BCUT2D eigenvalue weighted by Gasteiger charge is 2.34. The number of nitrogens with zero attached hydrogens (tertiary/aromatic N) is 2. The second kappa shape index (κ2) is 11.9. The van der Waals surface area contributed by atoms with Crippen LogP contribution in [0.25, 0.3) is 0 Å². The largest absolute Gasteiger partial charge is 0.488 e. The summed E-state index contributed by atoms with van der Waals surface area (Å²) < 4.78 is 20.0. The molecule has 0 fully saturated rings. The van der Waals surface area contributed by atoms with Crippen molar-refractivity contribution in [3.8, 4) is 5.75 Å². The molecule has 0 saturated heterocycles. The molecule has 0 saturated carbocycles. The summed E-state index contributed by atoms with van der Waals surface area (Å²) in [6.07, 6.45) is 1.51. The maximum absolute atomic E-state index is 14.2. The fourth-order valence-corrected chi connectivity index (χ4v) is 5.45. The van der Waals surface area contributed by atoms with Gasteiger partial charge in [-0.2, -0.15) is 0 Å². The fraction of sp³-hybridized carbons (Fsp3) is 0.357. The van der Waals surface area contributed by atoms with Crippen LogP contribution >= 0.6 is 22.9 Å². The van der Waals surface area contributed by atoms with E-state index in [1.165, 1.54) is 10.9 Å². The number of carbonyl (C=O) groups is 2. The third-order valence-corrected chi connectivity index (χ3v) is 7.54. The van der Waals surface area contributed by atoms with Crippen LogP contribution < -0.4 is 4.74 Å². The zero-order chi connectivity index (χ0) is 25.7. The van der Waals surface area contributed by atoms with Crippen LogP contribution in [0, 0.1) is 11.7 Å². The van der Waals surface area contributed by atoms with Gasteiger partial charge in [0.05, 0.1) is 6.04 Å². The van der Waals surface area contributed by atoms with Gasteiger partial charge in [-0.15, -0.1) is 11.3 Å². The van der Waals surface area contributed by atoms with Crippen molar-refractivity contribution in [1.82, 2.24) is 9.80 Å². The van der Waals surface area contributed by atoms with Gasteiger partial charge in [0, 0.05) is 28.6 Å². The van der Waals surface area contributed by atoms with Crippen LogP contribution in [-0.4, -0.2) is 47.9 Å². The highest BCUT2D eigenvalue weighted by Crippen LogP contribution is 2.34. The first kappa shape index (κ1) is 26.2. The summed E-state index contributed by atoms with van der Waals surface area (Å²) in [5.74, 6) is -0.294. The molecule has 2 amide bonds. The van der Waals surface area contributed by atoms with E-state index >= 15 is 0 Å². The highest BCUT2D eigenvalue weighted by molar-refractivity contribution is 7.10. The quantitative estimate of drug-likeness (QED) is 0.330. The van der Waals surface area contributed by atoms with Crippen molar-refractivity contribution in [3.63, 3.8) is 0 Å². The summed E-state index contributed by atoms with van der Waals surface area (Å²) in [6.45, 7) is 5.23. The Balaban J connectivity index is 1.54. The molecule has 0 aliphatic carbocycles. The normalized spacial score (nSPS) is 15.0. The molecule has 1 atom stereocenters. The topological polar surface area (TPSA) is 49.9 Å². The first-order chi connectivity index (χ1) is 17.3. The van der Waals surface area contributed by atoms with Crippen molar-refractivity contribution >= 4 is 34.8 Å². The molecule has 0 spiro atoms. The number of ether oxygens (including phenoxy) is 1. The van der Waals surface area contributed by atoms with E-state index in [1.54, 1.807) is 63.6 Å². The van der Waals surface area contributed by atoms with E-state index in [0.29, 0.717) is 29.6 Å². The molecule has 0 bridgehead atoms. The molecule has 8 heteroatoms. The van der Waals surface area contributed by atoms with E-state index in [2.05, 4.69) is 13.8 Å². The number of halogens is 2. The molecule has 1 aliphatic heterocycles. The molecule has 3 aromatic rings. The zero-order valence-electron chi connectivity index (χ0n) is 20.5. The Morgan fingerprint density at radius 2 is 2.00 bits per heavy atom. The monoisotopic (exact) mass is 528 g/mol. The summed E-state index contributed by atoms with van der Waals surface area (Å²) >= 11 is 7.77. The number of para-hydroxylation sites is 1. The van der Waals surface area contributed by atoms with Crippen molar-refractivity contribution < 1.29 is 18.7 Å². The molecule has 190 valence electrons. The van der Waals surface area contributed by atoms with Crippen LogP contribution in [0.5, 0.6) is 5.75 Å². The van der Waals surface area contributed by atoms with E-state index < -0.39 is 5.82 Å². The molecule has 0 radical (unpaired) electrons. The summed E-state index contributed by atoms with van der Waals surface area (Å²) in [7, 11) is 0. The second-order valence-electron chi connectivity index (χ2n) is 9.31. The van der Waals surface area contributed by atoms with Gasteiger partial charge in [0.2, 0.25) is 5.91 Å². The van der Waals surface area contributed by atoms with Crippen LogP contribution in [0.2, 0.25) is 5.02 Å². The number of rotatable bonds is 9. The van der Waals surface area contributed by atoms with Crippen molar-refractivity contribution in [2.24, 2.45) is 5.92 Å². The Labute approximate surface area is 220 Å². The van der Waals surface area contributed by atoms with Gasteiger partial charge in [0.1, 0.15) is 13.2 Å². The van der Waals surface area contributed by atoms with Crippen LogP contribution in [0.1, 0.15) is 47.1 Å². The van der Waals surface area contributed by atoms with Gasteiger partial charge >= 0.3 is 0 Å². The number of benzene rings is 2. The molecule has 5 nitrogen and oxygen atoms in total. The predicted octanol–water partition coefficient (Wildman–Crippen LogP) is 6.23. The molecule has 0 unspecified atom stereocenters. The number of thiophene rings is 1. The standard InChI is InChI=1S/C28H30ClFN2O3S/c1-19(2)10-13-31(28(34)20-6-5-7-21(29)16-20)17-27(33)32-14-11-26-22(12-15-36-26)24(32)18-35-25-9-4-3-8-23(25)30/h3-9,12,15-16,19,24H,10-11,13-14,17-18H2,1-2H3/t24-/m0/s1.